The highest BCUT2D eigenvalue weighted by Gasteiger charge is 2.35. The lowest BCUT2D eigenvalue weighted by atomic mass is 9.95. The number of halogens is 1. The highest BCUT2D eigenvalue weighted by molar-refractivity contribution is 9.10. The van der Waals surface area contributed by atoms with E-state index < -0.39 is 6.04 Å². The summed E-state index contributed by atoms with van der Waals surface area (Å²) in [5.41, 5.74) is 2.60. The maximum absolute atomic E-state index is 14.0. The van der Waals surface area contributed by atoms with Crippen LogP contribution in [-0.2, 0) is 4.79 Å². The van der Waals surface area contributed by atoms with Gasteiger partial charge in [0.25, 0.3) is 5.91 Å². The number of hydrogen-bond acceptors (Lipinski definition) is 5. The average Bonchev–Trinajstić information content (AvgIpc) is 2.98. The third-order valence-corrected chi connectivity index (χ3v) is 6.01. The van der Waals surface area contributed by atoms with E-state index in [-0.39, 0.29) is 23.9 Å². The van der Waals surface area contributed by atoms with Crippen LogP contribution >= 0.6 is 15.9 Å². The molecule has 0 aliphatic carbocycles. The molecule has 1 atom stereocenters. The molecule has 1 unspecified atom stereocenters. The van der Waals surface area contributed by atoms with E-state index in [1.165, 1.54) is 21.3 Å². The lowest BCUT2D eigenvalue weighted by molar-refractivity contribution is -0.117. The lowest BCUT2D eigenvalue weighted by Gasteiger charge is -2.31. The van der Waals surface area contributed by atoms with Crippen molar-refractivity contribution in [2.45, 2.75) is 6.04 Å². The van der Waals surface area contributed by atoms with Crippen LogP contribution in [0.2, 0.25) is 0 Å². The van der Waals surface area contributed by atoms with E-state index >= 15 is 0 Å². The van der Waals surface area contributed by atoms with E-state index in [9.17, 15) is 9.59 Å². The van der Waals surface area contributed by atoms with Crippen LogP contribution in [0.4, 0.5) is 5.69 Å². The van der Waals surface area contributed by atoms with Crippen molar-refractivity contribution in [1.82, 2.24) is 4.90 Å². The molecule has 33 heavy (non-hydrogen) atoms. The molecule has 1 heterocycles. The van der Waals surface area contributed by atoms with Gasteiger partial charge >= 0.3 is 0 Å². The number of hydrogen-bond donors (Lipinski definition) is 1. The summed E-state index contributed by atoms with van der Waals surface area (Å²) in [6.07, 6.45) is 0. The number of benzene rings is 3. The van der Waals surface area contributed by atoms with Crippen molar-refractivity contribution >= 4 is 33.4 Å². The van der Waals surface area contributed by atoms with Gasteiger partial charge in [-0.1, -0.05) is 46.3 Å². The van der Waals surface area contributed by atoms with Gasteiger partial charge in [-0.05, 0) is 23.8 Å². The third kappa shape index (κ3) is 4.39. The molecule has 1 aliphatic heterocycles. The van der Waals surface area contributed by atoms with Gasteiger partial charge in [-0.15, -0.1) is 0 Å². The Labute approximate surface area is 200 Å². The first kappa shape index (κ1) is 22.7. The van der Waals surface area contributed by atoms with E-state index in [0.29, 0.717) is 22.9 Å². The summed E-state index contributed by atoms with van der Waals surface area (Å²) in [7, 11) is 4.49. The number of nitrogens with zero attached hydrogens (tertiary/aromatic N) is 1. The van der Waals surface area contributed by atoms with Gasteiger partial charge in [-0.3, -0.25) is 9.59 Å². The van der Waals surface area contributed by atoms with Crippen LogP contribution < -0.4 is 19.5 Å². The molecule has 0 saturated heterocycles. The lowest BCUT2D eigenvalue weighted by Crippen LogP contribution is -2.39. The standard InChI is InChI=1S/C25H23BrN2O5/c1-31-20-13-22(33-3)21(32-2)12-18(20)25(30)28-14-23(29)27-19-10-9-16(26)11-17(19)24(28)15-7-5-4-6-8-15/h4-13,24H,14H2,1-3H3,(H,27,29). The van der Waals surface area contributed by atoms with Crippen LogP contribution in [0.1, 0.15) is 27.5 Å². The zero-order valence-corrected chi connectivity index (χ0v) is 20.0. The quantitative estimate of drug-likeness (QED) is 0.540. The molecule has 1 aliphatic rings. The van der Waals surface area contributed by atoms with Crippen molar-refractivity contribution in [2.24, 2.45) is 0 Å². The van der Waals surface area contributed by atoms with Crippen LogP contribution in [0, 0.1) is 0 Å². The Morgan fingerprint density at radius 1 is 0.939 bits per heavy atom. The summed E-state index contributed by atoms with van der Waals surface area (Å²) in [6.45, 7) is -0.137. The van der Waals surface area contributed by atoms with Gasteiger partial charge in [0.1, 0.15) is 12.3 Å². The molecule has 0 aromatic heterocycles. The number of amides is 2. The SMILES string of the molecule is COc1cc(OC)c(C(=O)N2CC(=O)Nc3ccc(Br)cc3C2c2ccccc2)cc1OC. The molecular weight excluding hydrogens is 488 g/mol. The maximum Gasteiger partial charge on any atom is 0.259 e. The van der Waals surface area contributed by atoms with E-state index in [1.807, 2.05) is 48.5 Å². The first-order chi connectivity index (χ1) is 16.0. The number of carbonyl (C=O) groups excluding carboxylic acids is 2. The van der Waals surface area contributed by atoms with Gasteiger partial charge in [0.2, 0.25) is 5.91 Å². The molecule has 170 valence electrons. The summed E-state index contributed by atoms with van der Waals surface area (Å²) in [4.78, 5) is 28.4. The van der Waals surface area contributed by atoms with Crippen LogP contribution in [0.3, 0.4) is 0 Å². The predicted octanol–water partition coefficient (Wildman–Crippen LogP) is 4.66. The second-order valence-corrected chi connectivity index (χ2v) is 8.35. The molecule has 2 amide bonds. The van der Waals surface area contributed by atoms with Crippen molar-refractivity contribution in [3.8, 4) is 17.2 Å². The van der Waals surface area contributed by atoms with Gasteiger partial charge in [0.15, 0.2) is 11.5 Å². The van der Waals surface area contributed by atoms with Gasteiger partial charge in [-0.2, -0.15) is 0 Å². The fraction of sp³-hybridized carbons (Fsp3) is 0.200. The monoisotopic (exact) mass is 510 g/mol. The summed E-state index contributed by atoms with van der Waals surface area (Å²) >= 11 is 3.52. The van der Waals surface area contributed by atoms with Gasteiger partial charge in [0, 0.05) is 27.9 Å². The Hall–Kier alpha value is -3.52. The minimum Gasteiger partial charge on any atom is -0.496 e. The molecule has 8 heteroatoms. The summed E-state index contributed by atoms with van der Waals surface area (Å²) in [6, 6.07) is 17.9. The fourth-order valence-electron chi connectivity index (χ4n) is 4.01. The van der Waals surface area contributed by atoms with Gasteiger partial charge < -0.3 is 24.4 Å². The number of fused-ring (bicyclic) bond motifs is 1. The fourth-order valence-corrected chi connectivity index (χ4v) is 4.39. The Bertz CT molecular complexity index is 1200. The highest BCUT2D eigenvalue weighted by atomic mass is 79.9. The van der Waals surface area contributed by atoms with Gasteiger partial charge in [-0.25, -0.2) is 0 Å². The summed E-state index contributed by atoms with van der Waals surface area (Å²) in [5.74, 6) is 0.492. The van der Waals surface area contributed by atoms with Crippen molar-refractivity contribution in [2.75, 3.05) is 33.2 Å². The first-order valence-electron chi connectivity index (χ1n) is 10.2. The molecule has 0 fully saturated rings. The van der Waals surface area contributed by atoms with Crippen LogP contribution in [-0.4, -0.2) is 44.6 Å². The maximum atomic E-state index is 14.0. The first-order valence-corrected chi connectivity index (χ1v) is 11.0. The van der Waals surface area contributed by atoms with Crippen molar-refractivity contribution in [3.63, 3.8) is 0 Å². The average molecular weight is 511 g/mol. The second kappa shape index (κ2) is 9.54. The molecule has 3 aromatic rings. The van der Waals surface area contributed by atoms with Crippen molar-refractivity contribution in [1.29, 1.82) is 0 Å². The van der Waals surface area contributed by atoms with Crippen LogP contribution in [0.25, 0.3) is 0 Å². The zero-order valence-electron chi connectivity index (χ0n) is 18.4. The van der Waals surface area contributed by atoms with Gasteiger partial charge in [0.05, 0.1) is 32.9 Å². The minimum absolute atomic E-state index is 0.137. The Morgan fingerprint density at radius 3 is 2.27 bits per heavy atom. The second-order valence-electron chi connectivity index (χ2n) is 7.43. The molecule has 1 N–H and O–H groups in total. The molecule has 0 radical (unpaired) electrons. The topological polar surface area (TPSA) is 77.1 Å². The highest BCUT2D eigenvalue weighted by Crippen LogP contribution is 2.40. The predicted molar refractivity (Wildman–Crippen MR) is 128 cm³/mol. The normalized spacial score (nSPS) is 15.2. The zero-order chi connectivity index (χ0) is 23.5. The molecule has 0 bridgehead atoms. The molecule has 0 saturated carbocycles. The summed E-state index contributed by atoms with van der Waals surface area (Å²) in [5, 5.41) is 2.93. The molecule has 7 nitrogen and oxygen atoms in total. The number of nitrogens with one attached hydrogen (secondary N) is 1. The number of carbonyl (C=O) groups is 2. The number of rotatable bonds is 5. The third-order valence-electron chi connectivity index (χ3n) is 5.52. The van der Waals surface area contributed by atoms with Crippen molar-refractivity contribution in [3.05, 3.63) is 81.8 Å². The summed E-state index contributed by atoms with van der Waals surface area (Å²) < 4.78 is 17.1. The van der Waals surface area contributed by atoms with E-state index in [0.717, 1.165) is 15.6 Å². The minimum atomic E-state index is -0.511. The Morgan fingerprint density at radius 2 is 1.61 bits per heavy atom. The van der Waals surface area contributed by atoms with Crippen molar-refractivity contribution < 1.29 is 23.8 Å². The molecule has 3 aromatic carbocycles. The number of methoxy groups -OCH3 is 3. The van der Waals surface area contributed by atoms with E-state index in [1.54, 1.807) is 17.0 Å². The molecule has 0 spiro atoms. The Balaban J connectivity index is 1.91. The van der Waals surface area contributed by atoms with E-state index in [4.69, 9.17) is 14.2 Å². The van der Waals surface area contributed by atoms with E-state index in [2.05, 4.69) is 21.2 Å². The molecular formula is C25H23BrN2O5. The molecule has 4 rings (SSSR count). The number of ether oxygens (including phenoxy) is 3. The smallest absolute Gasteiger partial charge is 0.259 e. The largest absolute Gasteiger partial charge is 0.496 e. The Kier molecular flexibility index (Phi) is 6.55. The number of anilines is 1. The van der Waals surface area contributed by atoms with Crippen LogP contribution in [0.15, 0.2) is 65.1 Å². The van der Waals surface area contributed by atoms with Crippen LogP contribution in [0.5, 0.6) is 17.2 Å².